The Kier molecular flexibility index (Phi) is 5.24. The van der Waals surface area contributed by atoms with Gasteiger partial charge >= 0.3 is 0 Å². The van der Waals surface area contributed by atoms with Crippen LogP contribution in [0.15, 0.2) is 42.7 Å². The number of amides is 1. The number of rotatable bonds is 6. The summed E-state index contributed by atoms with van der Waals surface area (Å²) in [6.45, 7) is 0.707. The number of hydrogen-bond acceptors (Lipinski definition) is 5. The van der Waals surface area contributed by atoms with Crippen LogP contribution in [0, 0.1) is 11.3 Å². The normalized spacial score (nSPS) is 9.67. The van der Waals surface area contributed by atoms with Gasteiger partial charge in [-0.1, -0.05) is 30.3 Å². The molecule has 2 rings (SSSR count). The third-order valence-electron chi connectivity index (χ3n) is 2.78. The van der Waals surface area contributed by atoms with E-state index in [1.807, 2.05) is 36.4 Å². The molecule has 0 atom stereocenters. The van der Waals surface area contributed by atoms with Gasteiger partial charge in [0.05, 0.1) is 18.9 Å². The molecular formula is C15H15N5O. The van der Waals surface area contributed by atoms with Crippen LogP contribution in [0.25, 0.3) is 0 Å². The van der Waals surface area contributed by atoms with Gasteiger partial charge in [-0.05, 0) is 12.0 Å². The predicted octanol–water partition coefficient (Wildman–Crippen LogP) is 1.12. The summed E-state index contributed by atoms with van der Waals surface area (Å²) in [5.74, 6) is 0.351. The van der Waals surface area contributed by atoms with Crippen molar-refractivity contribution in [3.05, 3.63) is 54.0 Å². The highest BCUT2D eigenvalue weighted by molar-refractivity contribution is 5.80. The first-order chi connectivity index (χ1) is 10.3. The maximum Gasteiger partial charge on any atom is 0.239 e. The van der Waals surface area contributed by atoms with E-state index in [9.17, 15) is 4.79 Å². The highest BCUT2D eigenvalue weighted by atomic mass is 16.1. The number of aromatic nitrogens is 2. The molecule has 0 spiro atoms. The minimum atomic E-state index is -0.114. The average Bonchev–Trinajstić information content (AvgIpc) is 2.54. The van der Waals surface area contributed by atoms with E-state index in [1.54, 1.807) is 0 Å². The van der Waals surface area contributed by atoms with Crippen molar-refractivity contribution >= 4 is 11.7 Å². The monoisotopic (exact) mass is 281 g/mol. The van der Waals surface area contributed by atoms with Gasteiger partial charge < -0.3 is 10.6 Å². The molecule has 6 heteroatoms. The van der Waals surface area contributed by atoms with Crippen LogP contribution >= 0.6 is 0 Å². The Bertz CT molecular complexity index is 619. The fourth-order valence-corrected chi connectivity index (χ4v) is 1.70. The van der Waals surface area contributed by atoms with Crippen molar-refractivity contribution in [2.45, 2.75) is 6.42 Å². The molecule has 2 aromatic rings. The fraction of sp³-hybridized carbons (Fsp3) is 0.200. The molecule has 0 bridgehead atoms. The van der Waals surface area contributed by atoms with Crippen molar-refractivity contribution in [2.24, 2.45) is 0 Å². The molecule has 0 fully saturated rings. The number of anilines is 1. The Balaban J connectivity index is 1.68. The smallest absolute Gasteiger partial charge is 0.239 e. The predicted molar refractivity (Wildman–Crippen MR) is 78.4 cm³/mol. The van der Waals surface area contributed by atoms with Gasteiger partial charge in [-0.3, -0.25) is 4.79 Å². The number of nitriles is 1. The summed E-state index contributed by atoms with van der Waals surface area (Å²) >= 11 is 0. The molecule has 6 nitrogen and oxygen atoms in total. The van der Waals surface area contributed by atoms with Crippen molar-refractivity contribution in [1.29, 1.82) is 5.26 Å². The van der Waals surface area contributed by atoms with E-state index in [0.717, 1.165) is 6.42 Å². The molecule has 0 aliphatic carbocycles. The van der Waals surface area contributed by atoms with E-state index >= 15 is 0 Å². The molecule has 1 heterocycles. The van der Waals surface area contributed by atoms with Crippen molar-refractivity contribution in [3.63, 3.8) is 0 Å². The lowest BCUT2D eigenvalue weighted by Crippen LogP contribution is -2.31. The minimum absolute atomic E-state index is 0.114. The van der Waals surface area contributed by atoms with Gasteiger partial charge in [-0.2, -0.15) is 5.26 Å². The van der Waals surface area contributed by atoms with E-state index in [4.69, 9.17) is 5.26 Å². The van der Waals surface area contributed by atoms with E-state index < -0.39 is 0 Å². The third-order valence-corrected chi connectivity index (χ3v) is 2.78. The number of carbonyl (C=O) groups excluding carboxylic acids is 1. The van der Waals surface area contributed by atoms with Crippen LogP contribution in [0.1, 0.15) is 11.3 Å². The second kappa shape index (κ2) is 7.60. The first-order valence-electron chi connectivity index (χ1n) is 6.54. The topological polar surface area (TPSA) is 90.7 Å². The lowest BCUT2D eigenvalue weighted by Gasteiger charge is -2.07. The molecule has 1 amide bonds. The van der Waals surface area contributed by atoms with Crippen LogP contribution in [0.3, 0.4) is 0 Å². The van der Waals surface area contributed by atoms with E-state index in [0.29, 0.717) is 12.4 Å². The minimum Gasteiger partial charge on any atom is -0.360 e. The summed E-state index contributed by atoms with van der Waals surface area (Å²) < 4.78 is 0. The molecule has 106 valence electrons. The maximum absolute atomic E-state index is 11.7. The third kappa shape index (κ3) is 4.91. The molecule has 21 heavy (non-hydrogen) atoms. The van der Waals surface area contributed by atoms with Crippen molar-refractivity contribution in [1.82, 2.24) is 15.3 Å². The molecule has 0 saturated carbocycles. The molecule has 0 aliphatic rings. The highest BCUT2D eigenvalue weighted by Gasteiger charge is 2.02. The van der Waals surface area contributed by atoms with Crippen LogP contribution in [-0.4, -0.2) is 29.0 Å². The van der Waals surface area contributed by atoms with Crippen LogP contribution in [0.2, 0.25) is 0 Å². The Morgan fingerprint density at radius 3 is 2.67 bits per heavy atom. The maximum atomic E-state index is 11.7. The molecule has 0 saturated heterocycles. The first-order valence-corrected chi connectivity index (χ1v) is 6.54. The van der Waals surface area contributed by atoms with Crippen LogP contribution < -0.4 is 10.6 Å². The number of hydrogen-bond donors (Lipinski definition) is 2. The van der Waals surface area contributed by atoms with Crippen LogP contribution in [-0.2, 0) is 11.2 Å². The van der Waals surface area contributed by atoms with Crippen LogP contribution in [0.4, 0.5) is 5.82 Å². The van der Waals surface area contributed by atoms with Gasteiger partial charge in [0, 0.05) is 6.54 Å². The summed E-state index contributed by atoms with van der Waals surface area (Å²) in [4.78, 5) is 19.5. The summed E-state index contributed by atoms with van der Waals surface area (Å²) in [5, 5.41) is 14.3. The standard InChI is InChI=1S/C15H15N5O/c16-8-13-9-19-14(10-18-13)20-11-15(21)17-7-6-12-4-2-1-3-5-12/h1-5,9-10H,6-7,11H2,(H,17,21)(H,19,20). The zero-order valence-corrected chi connectivity index (χ0v) is 11.4. The second-order valence-electron chi connectivity index (χ2n) is 4.34. The summed E-state index contributed by atoms with van der Waals surface area (Å²) in [6, 6.07) is 11.8. The number of carbonyl (C=O) groups is 1. The average molecular weight is 281 g/mol. The van der Waals surface area contributed by atoms with Crippen LogP contribution in [0.5, 0.6) is 0 Å². The molecule has 0 aliphatic heterocycles. The Labute approximate surface area is 122 Å². The largest absolute Gasteiger partial charge is 0.360 e. The summed E-state index contributed by atoms with van der Waals surface area (Å²) in [6.07, 6.45) is 3.58. The van der Waals surface area contributed by atoms with Gasteiger partial charge in [0.25, 0.3) is 0 Å². The highest BCUT2D eigenvalue weighted by Crippen LogP contribution is 2.00. The molecule has 0 unspecified atom stereocenters. The molecule has 1 aromatic carbocycles. The lowest BCUT2D eigenvalue weighted by atomic mass is 10.1. The van der Waals surface area contributed by atoms with Gasteiger partial charge in [0.1, 0.15) is 11.9 Å². The van der Waals surface area contributed by atoms with E-state index in [1.165, 1.54) is 18.0 Å². The number of benzene rings is 1. The fourth-order valence-electron chi connectivity index (χ4n) is 1.70. The van der Waals surface area contributed by atoms with E-state index in [2.05, 4.69) is 20.6 Å². The van der Waals surface area contributed by atoms with Crippen molar-refractivity contribution < 1.29 is 4.79 Å². The van der Waals surface area contributed by atoms with E-state index in [-0.39, 0.29) is 18.1 Å². The SMILES string of the molecule is N#Cc1cnc(NCC(=O)NCCc2ccccc2)cn1. The zero-order chi connectivity index (χ0) is 14.9. The number of nitrogens with one attached hydrogen (secondary N) is 2. The van der Waals surface area contributed by atoms with Gasteiger partial charge in [0.2, 0.25) is 5.91 Å². The van der Waals surface area contributed by atoms with Gasteiger partial charge in [0.15, 0.2) is 5.69 Å². The molecular weight excluding hydrogens is 266 g/mol. The number of nitrogens with zero attached hydrogens (tertiary/aromatic N) is 3. The van der Waals surface area contributed by atoms with Crippen molar-refractivity contribution in [2.75, 3.05) is 18.4 Å². The Hall–Kier alpha value is -2.94. The van der Waals surface area contributed by atoms with Gasteiger partial charge in [-0.15, -0.1) is 0 Å². The molecule has 0 radical (unpaired) electrons. The van der Waals surface area contributed by atoms with Crippen molar-refractivity contribution in [3.8, 4) is 6.07 Å². The Morgan fingerprint density at radius 2 is 2.00 bits per heavy atom. The summed E-state index contributed by atoms with van der Waals surface area (Å²) in [7, 11) is 0. The Morgan fingerprint density at radius 1 is 1.19 bits per heavy atom. The zero-order valence-electron chi connectivity index (χ0n) is 11.4. The lowest BCUT2D eigenvalue weighted by molar-refractivity contribution is -0.119. The van der Waals surface area contributed by atoms with Gasteiger partial charge in [-0.25, -0.2) is 9.97 Å². The molecule has 1 aromatic heterocycles. The molecule has 2 N–H and O–H groups in total. The first kappa shape index (κ1) is 14.5. The quantitative estimate of drug-likeness (QED) is 0.828. The summed E-state index contributed by atoms with van der Waals surface area (Å²) in [5.41, 5.74) is 1.43. The second-order valence-corrected chi connectivity index (χ2v) is 4.34.